The van der Waals surface area contributed by atoms with E-state index in [9.17, 15) is 4.79 Å². The number of aryl methyl sites for hydroxylation is 1. The number of nitrogens with one attached hydrogen (secondary N) is 2. The molecule has 0 aliphatic rings. The van der Waals surface area contributed by atoms with Gasteiger partial charge in [-0.2, -0.15) is 0 Å². The normalized spacial score (nSPS) is 10.2. The average Bonchev–Trinajstić information content (AvgIpc) is 2.83. The molecular formula is C14H17N3O2. The van der Waals surface area contributed by atoms with Gasteiger partial charge in [-0.05, 0) is 12.5 Å². The average molecular weight is 259 g/mol. The molecule has 100 valence electrons. The Bertz CT molecular complexity index is 522. The van der Waals surface area contributed by atoms with E-state index < -0.39 is 0 Å². The molecule has 1 aromatic carbocycles. The van der Waals surface area contributed by atoms with Crippen molar-refractivity contribution in [1.29, 1.82) is 0 Å². The van der Waals surface area contributed by atoms with Crippen molar-refractivity contribution in [3.05, 3.63) is 53.4 Å². The smallest absolute Gasteiger partial charge is 0.315 e. The lowest BCUT2D eigenvalue weighted by Gasteiger charge is -2.06. The van der Waals surface area contributed by atoms with Crippen LogP contribution in [0.2, 0.25) is 0 Å². The first-order valence-corrected chi connectivity index (χ1v) is 6.22. The molecule has 0 saturated carbocycles. The van der Waals surface area contributed by atoms with E-state index in [1.807, 2.05) is 43.3 Å². The van der Waals surface area contributed by atoms with Crippen molar-refractivity contribution in [2.24, 2.45) is 0 Å². The number of carbonyl (C=O) groups is 1. The molecule has 5 nitrogen and oxygen atoms in total. The standard InChI is InChI=1S/C14H17N3O2/c1-11-9-13(17-19-11)7-8-15-14(18)16-10-12-5-3-2-4-6-12/h2-6,9H,7-8,10H2,1H3,(H2,15,16,18). The maximum absolute atomic E-state index is 11.5. The largest absolute Gasteiger partial charge is 0.361 e. The Morgan fingerprint density at radius 1 is 1.26 bits per heavy atom. The van der Waals surface area contributed by atoms with Crippen LogP contribution in [0.5, 0.6) is 0 Å². The van der Waals surface area contributed by atoms with Crippen LogP contribution in [0.3, 0.4) is 0 Å². The van der Waals surface area contributed by atoms with Gasteiger partial charge in [0.15, 0.2) is 0 Å². The monoisotopic (exact) mass is 259 g/mol. The predicted octanol–water partition coefficient (Wildman–Crippen LogP) is 2.02. The first kappa shape index (κ1) is 13.1. The summed E-state index contributed by atoms with van der Waals surface area (Å²) in [5.74, 6) is 0.781. The highest BCUT2D eigenvalue weighted by atomic mass is 16.5. The minimum Gasteiger partial charge on any atom is -0.361 e. The Kier molecular flexibility index (Phi) is 4.55. The van der Waals surface area contributed by atoms with Gasteiger partial charge in [0.25, 0.3) is 0 Å². The van der Waals surface area contributed by atoms with Crippen molar-refractivity contribution in [2.45, 2.75) is 19.9 Å². The van der Waals surface area contributed by atoms with Crippen molar-refractivity contribution in [3.8, 4) is 0 Å². The second-order valence-electron chi connectivity index (χ2n) is 4.27. The Morgan fingerprint density at radius 2 is 2.05 bits per heavy atom. The summed E-state index contributed by atoms with van der Waals surface area (Å²) in [7, 11) is 0. The molecule has 2 rings (SSSR count). The molecule has 1 aromatic heterocycles. The molecule has 2 amide bonds. The number of amides is 2. The van der Waals surface area contributed by atoms with Gasteiger partial charge in [0.2, 0.25) is 0 Å². The van der Waals surface area contributed by atoms with Crippen molar-refractivity contribution in [2.75, 3.05) is 6.54 Å². The van der Waals surface area contributed by atoms with E-state index in [1.54, 1.807) is 0 Å². The maximum atomic E-state index is 11.5. The van der Waals surface area contributed by atoms with Crippen LogP contribution in [0.25, 0.3) is 0 Å². The summed E-state index contributed by atoms with van der Waals surface area (Å²) in [4.78, 5) is 11.5. The van der Waals surface area contributed by atoms with Gasteiger partial charge in [-0.15, -0.1) is 0 Å². The predicted molar refractivity (Wildman–Crippen MR) is 71.6 cm³/mol. The Morgan fingerprint density at radius 3 is 2.74 bits per heavy atom. The highest BCUT2D eigenvalue weighted by Crippen LogP contribution is 2.01. The molecule has 0 unspecified atom stereocenters. The van der Waals surface area contributed by atoms with Crippen molar-refractivity contribution in [3.63, 3.8) is 0 Å². The molecule has 0 radical (unpaired) electrons. The van der Waals surface area contributed by atoms with E-state index in [4.69, 9.17) is 4.52 Å². The molecule has 1 heterocycles. The highest BCUT2D eigenvalue weighted by molar-refractivity contribution is 5.73. The molecular weight excluding hydrogens is 242 g/mol. The minimum absolute atomic E-state index is 0.177. The highest BCUT2D eigenvalue weighted by Gasteiger charge is 2.02. The second-order valence-corrected chi connectivity index (χ2v) is 4.27. The third kappa shape index (κ3) is 4.46. The van der Waals surface area contributed by atoms with Crippen LogP contribution in [0, 0.1) is 6.92 Å². The zero-order valence-corrected chi connectivity index (χ0v) is 10.8. The van der Waals surface area contributed by atoms with Crippen LogP contribution < -0.4 is 10.6 Å². The number of benzene rings is 1. The fourth-order valence-electron chi connectivity index (χ4n) is 1.68. The van der Waals surface area contributed by atoms with E-state index in [0.29, 0.717) is 19.5 Å². The Balaban J connectivity index is 1.65. The number of urea groups is 1. The number of nitrogens with zero attached hydrogens (tertiary/aromatic N) is 1. The summed E-state index contributed by atoms with van der Waals surface area (Å²) in [6.45, 7) is 2.90. The van der Waals surface area contributed by atoms with Gasteiger partial charge >= 0.3 is 6.03 Å². The van der Waals surface area contributed by atoms with Crippen LogP contribution in [-0.2, 0) is 13.0 Å². The lowest BCUT2D eigenvalue weighted by atomic mass is 10.2. The molecule has 19 heavy (non-hydrogen) atoms. The molecule has 0 atom stereocenters. The van der Waals surface area contributed by atoms with E-state index >= 15 is 0 Å². The molecule has 0 saturated heterocycles. The van der Waals surface area contributed by atoms with E-state index in [2.05, 4.69) is 15.8 Å². The van der Waals surface area contributed by atoms with Gasteiger partial charge in [0.05, 0.1) is 5.69 Å². The zero-order valence-electron chi connectivity index (χ0n) is 10.8. The Hall–Kier alpha value is -2.30. The van der Waals surface area contributed by atoms with Crippen molar-refractivity contribution in [1.82, 2.24) is 15.8 Å². The van der Waals surface area contributed by atoms with Crippen LogP contribution in [0.15, 0.2) is 40.9 Å². The van der Waals surface area contributed by atoms with Crippen LogP contribution in [-0.4, -0.2) is 17.7 Å². The summed E-state index contributed by atoms with van der Waals surface area (Å²) in [5.41, 5.74) is 1.92. The molecule has 0 aliphatic heterocycles. The SMILES string of the molecule is Cc1cc(CCNC(=O)NCc2ccccc2)no1. The van der Waals surface area contributed by atoms with Gasteiger partial charge in [-0.1, -0.05) is 35.5 Å². The summed E-state index contributed by atoms with van der Waals surface area (Å²) in [6.07, 6.45) is 0.663. The molecule has 0 fully saturated rings. The molecule has 0 spiro atoms. The third-order valence-electron chi connectivity index (χ3n) is 2.64. The summed E-state index contributed by atoms with van der Waals surface area (Å²) >= 11 is 0. The van der Waals surface area contributed by atoms with E-state index in [1.165, 1.54) is 0 Å². The molecule has 2 aromatic rings. The molecule has 2 N–H and O–H groups in total. The van der Waals surface area contributed by atoms with Crippen LogP contribution in [0.4, 0.5) is 4.79 Å². The summed E-state index contributed by atoms with van der Waals surface area (Å²) < 4.78 is 4.95. The minimum atomic E-state index is -0.177. The van der Waals surface area contributed by atoms with E-state index in [-0.39, 0.29) is 6.03 Å². The summed E-state index contributed by atoms with van der Waals surface area (Å²) in [5, 5.41) is 9.43. The van der Waals surface area contributed by atoms with Gasteiger partial charge in [0, 0.05) is 25.6 Å². The maximum Gasteiger partial charge on any atom is 0.315 e. The summed E-state index contributed by atoms with van der Waals surface area (Å²) in [6, 6.07) is 11.5. The number of rotatable bonds is 5. The zero-order chi connectivity index (χ0) is 13.5. The lowest BCUT2D eigenvalue weighted by molar-refractivity contribution is 0.240. The van der Waals surface area contributed by atoms with Gasteiger partial charge in [-0.3, -0.25) is 0 Å². The quantitative estimate of drug-likeness (QED) is 0.863. The topological polar surface area (TPSA) is 67.2 Å². The van der Waals surface area contributed by atoms with Crippen LogP contribution >= 0.6 is 0 Å². The fraction of sp³-hybridized carbons (Fsp3) is 0.286. The Labute approximate surface area is 112 Å². The number of hydrogen-bond donors (Lipinski definition) is 2. The fourth-order valence-corrected chi connectivity index (χ4v) is 1.68. The molecule has 0 bridgehead atoms. The molecule has 5 heteroatoms. The second kappa shape index (κ2) is 6.58. The van der Waals surface area contributed by atoms with Crippen molar-refractivity contribution >= 4 is 6.03 Å². The van der Waals surface area contributed by atoms with Crippen molar-refractivity contribution < 1.29 is 9.32 Å². The molecule has 0 aliphatic carbocycles. The van der Waals surface area contributed by atoms with E-state index in [0.717, 1.165) is 17.0 Å². The van der Waals surface area contributed by atoms with Gasteiger partial charge < -0.3 is 15.2 Å². The number of hydrogen-bond acceptors (Lipinski definition) is 3. The van der Waals surface area contributed by atoms with Gasteiger partial charge in [0.1, 0.15) is 5.76 Å². The number of carbonyl (C=O) groups excluding carboxylic acids is 1. The third-order valence-corrected chi connectivity index (χ3v) is 2.64. The lowest BCUT2D eigenvalue weighted by Crippen LogP contribution is -2.36. The van der Waals surface area contributed by atoms with Gasteiger partial charge in [-0.25, -0.2) is 4.79 Å². The first-order valence-electron chi connectivity index (χ1n) is 6.22. The van der Waals surface area contributed by atoms with Crippen LogP contribution in [0.1, 0.15) is 17.0 Å². The number of aromatic nitrogens is 1. The first-order chi connectivity index (χ1) is 9.24.